The molecule has 0 radical (unpaired) electrons. The van der Waals surface area contributed by atoms with Crippen LogP contribution in [0.4, 0.5) is 0 Å². The zero-order chi connectivity index (χ0) is 12.1. The van der Waals surface area contributed by atoms with Crippen molar-refractivity contribution < 1.29 is 9.90 Å². The Bertz CT molecular complexity index is 226. The molecule has 0 aliphatic carbocycles. The second-order valence-corrected chi connectivity index (χ2v) is 5.32. The number of hydrogen-bond donors (Lipinski definition) is 1. The number of carboxylic acid groups (broad SMARTS) is 1. The molecule has 0 unspecified atom stereocenters. The number of aliphatic carboxylic acids is 1. The molecule has 1 rings (SSSR count). The van der Waals surface area contributed by atoms with Crippen molar-refractivity contribution in [2.75, 3.05) is 13.1 Å². The molecule has 0 aromatic carbocycles. The van der Waals surface area contributed by atoms with Gasteiger partial charge in [0.15, 0.2) is 0 Å². The molecule has 0 aromatic rings. The van der Waals surface area contributed by atoms with Crippen LogP contribution in [-0.4, -0.2) is 35.1 Å². The number of rotatable bonds is 5. The highest BCUT2D eigenvalue weighted by Crippen LogP contribution is 2.28. The van der Waals surface area contributed by atoms with E-state index in [1.807, 2.05) is 0 Å². The predicted molar refractivity (Wildman–Crippen MR) is 65.5 cm³/mol. The highest BCUT2D eigenvalue weighted by molar-refractivity contribution is 5.71. The molecule has 0 amide bonds. The van der Waals surface area contributed by atoms with E-state index >= 15 is 0 Å². The Morgan fingerprint density at radius 1 is 1.50 bits per heavy atom. The normalized spacial score (nSPS) is 27.2. The van der Waals surface area contributed by atoms with E-state index in [0.717, 1.165) is 38.8 Å². The topological polar surface area (TPSA) is 40.5 Å². The van der Waals surface area contributed by atoms with E-state index in [4.69, 9.17) is 0 Å². The largest absolute Gasteiger partial charge is 0.481 e. The Labute approximate surface area is 98.8 Å². The Kier molecular flexibility index (Phi) is 5.26. The summed E-state index contributed by atoms with van der Waals surface area (Å²) >= 11 is 0. The van der Waals surface area contributed by atoms with E-state index in [1.165, 1.54) is 0 Å². The number of piperidine rings is 1. The Morgan fingerprint density at radius 3 is 2.69 bits per heavy atom. The van der Waals surface area contributed by atoms with Crippen LogP contribution in [0.1, 0.15) is 46.5 Å². The van der Waals surface area contributed by atoms with E-state index in [-0.39, 0.29) is 12.0 Å². The summed E-state index contributed by atoms with van der Waals surface area (Å²) < 4.78 is 0. The minimum atomic E-state index is -0.605. The van der Waals surface area contributed by atoms with Crippen LogP contribution in [-0.2, 0) is 4.79 Å². The molecule has 3 heteroatoms. The van der Waals surface area contributed by atoms with E-state index in [2.05, 4.69) is 25.7 Å². The lowest BCUT2D eigenvalue weighted by Gasteiger charge is -2.40. The number of carboxylic acids is 1. The molecule has 0 spiro atoms. The van der Waals surface area contributed by atoms with Crippen molar-refractivity contribution in [1.82, 2.24) is 4.90 Å². The van der Waals surface area contributed by atoms with Gasteiger partial charge in [-0.1, -0.05) is 20.8 Å². The van der Waals surface area contributed by atoms with Crippen LogP contribution in [0.3, 0.4) is 0 Å². The predicted octanol–water partition coefficient (Wildman–Crippen LogP) is 2.61. The molecule has 0 aromatic heterocycles. The molecule has 1 N–H and O–H groups in total. The third-order valence-corrected chi connectivity index (χ3v) is 3.43. The van der Waals surface area contributed by atoms with Crippen molar-refractivity contribution in [2.45, 2.75) is 52.5 Å². The van der Waals surface area contributed by atoms with Gasteiger partial charge in [0.2, 0.25) is 0 Å². The highest BCUT2D eigenvalue weighted by atomic mass is 16.4. The zero-order valence-electron chi connectivity index (χ0n) is 10.8. The van der Waals surface area contributed by atoms with E-state index in [9.17, 15) is 9.90 Å². The number of carbonyl (C=O) groups is 1. The van der Waals surface area contributed by atoms with Crippen LogP contribution in [0.25, 0.3) is 0 Å². The first kappa shape index (κ1) is 13.5. The summed E-state index contributed by atoms with van der Waals surface area (Å²) in [6.07, 6.45) is 4.01. The Balaban J connectivity index is 2.71. The Hall–Kier alpha value is -0.570. The fourth-order valence-corrected chi connectivity index (χ4v) is 2.78. The maximum atomic E-state index is 11.3. The van der Waals surface area contributed by atoms with Gasteiger partial charge in [0.05, 0.1) is 5.92 Å². The molecule has 0 saturated carbocycles. The monoisotopic (exact) mass is 227 g/mol. The molecule has 1 saturated heterocycles. The van der Waals surface area contributed by atoms with Crippen LogP contribution in [0, 0.1) is 11.8 Å². The van der Waals surface area contributed by atoms with Crippen LogP contribution in [0.15, 0.2) is 0 Å². The molecule has 2 atom stereocenters. The fraction of sp³-hybridized carbons (Fsp3) is 0.923. The molecule has 94 valence electrons. The molecule has 1 fully saturated rings. The molecule has 1 heterocycles. The summed E-state index contributed by atoms with van der Waals surface area (Å²) in [4.78, 5) is 13.7. The highest BCUT2D eigenvalue weighted by Gasteiger charge is 2.35. The minimum Gasteiger partial charge on any atom is -0.481 e. The second-order valence-electron chi connectivity index (χ2n) is 5.32. The summed E-state index contributed by atoms with van der Waals surface area (Å²) in [5.41, 5.74) is 0. The summed E-state index contributed by atoms with van der Waals surface area (Å²) in [6.45, 7) is 8.64. The summed E-state index contributed by atoms with van der Waals surface area (Å²) in [7, 11) is 0. The quantitative estimate of drug-likeness (QED) is 0.785. The molecular weight excluding hydrogens is 202 g/mol. The van der Waals surface area contributed by atoms with Gasteiger partial charge in [0.25, 0.3) is 0 Å². The zero-order valence-corrected chi connectivity index (χ0v) is 10.8. The van der Waals surface area contributed by atoms with E-state index in [1.54, 1.807) is 0 Å². The van der Waals surface area contributed by atoms with Crippen LogP contribution in [0.5, 0.6) is 0 Å². The molecule has 1 aliphatic rings. The van der Waals surface area contributed by atoms with Crippen LogP contribution >= 0.6 is 0 Å². The maximum Gasteiger partial charge on any atom is 0.308 e. The van der Waals surface area contributed by atoms with Gasteiger partial charge in [0, 0.05) is 6.04 Å². The number of nitrogens with zero attached hydrogens (tertiary/aromatic N) is 1. The molecule has 16 heavy (non-hydrogen) atoms. The number of hydrogen-bond acceptors (Lipinski definition) is 2. The first-order valence-electron chi connectivity index (χ1n) is 6.53. The van der Waals surface area contributed by atoms with Crippen molar-refractivity contribution in [3.8, 4) is 0 Å². The first-order chi connectivity index (χ1) is 7.56. The van der Waals surface area contributed by atoms with Gasteiger partial charge in [0.1, 0.15) is 0 Å². The average Bonchev–Trinajstić information content (AvgIpc) is 2.19. The summed E-state index contributed by atoms with van der Waals surface area (Å²) in [6, 6.07) is 0.256. The smallest absolute Gasteiger partial charge is 0.308 e. The van der Waals surface area contributed by atoms with Gasteiger partial charge in [-0.25, -0.2) is 0 Å². The van der Waals surface area contributed by atoms with E-state index < -0.39 is 5.97 Å². The van der Waals surface area contributed by atoms with Gasteiger partial charge in [-0.3, -0.25) is 9.69 Å². The van der Waals surface area contributed by atoms with Crippen molar-refractivity contribution in [3.63, 3.8) is 0 Å². The summed E-state index contributed by atoms with van der Waals surface area (Å²) in [5, 5.41) is 9.28. The number of likely N-dealkylation sites (tertiary alicyclic amines) is 1. The third kappa shape index (κ3) is 3.48. The van der Waals surface area contributed by atoms with Crippen molar-refractivity contribution in [1.29, 1.82) is 0 Å². The molecule has 3 nitrogen and oxygen atoms in total. The van der Waals surface area contributed by atoms with E-state index in [0.29, 0.717) is 5.92 Å². The third-order valence-electron chi connectivity index (χ3n) is 3.43. The maximum absolute atomic E-state index is 11.3. The SMILES string of the molecule is CCCN1CCC[C@H](C(=O)O)[C@H]1CC(C)C. The van der Waals surface area contributed by atoms with Gasteiger partial charge in [-0.05, 0) is 44.7 Å². The summed E-state index contributed by atoms with van der Waals surface area (Å²) in [5.74, 6) is -0.182. The van der Waals surface area contributed by atoms with Crippen molar-refractivity contribution >= 4 is 5.97 Å². The Morgan fingerprint density at radius 2 is 2.19 bits per heavy atom. The molecular formula is C13H25NO2. The lowest BCUT2D eigenvalue weighted by atomic mass is 9.84. The lowest BCUT2D eigenvalue weighted by molar-refractivity contribution is -0.146. The van der Waals surface area contributed by atoms with Gasteiger partial charge >= 0.3 is 5.97 Å². The van der Waals surface area contributed by atoms with Crippen molar-refractivity contribution in [3.05, 3.63) is 0 Å². The second kappa shape index (κ2) is 6.24. The lowest BCUT2D eigenvalue weighted by Crippen LogP contribution is -2.48. The standard InChI is InChI=1S/C13H25NO2/c1-4-7-14-8-5-6-11(13(15)16)12(14)9-10(2)3/h10-12H,4-9H2,1-3H3,(H,15,16)/t11-,12+/m0/s1. The minimum absolute atomic E-state index is 0.150. The average molecular weight is 227 g/mol. The fourth-order valence-electron chi connectivity index (χ4n) is 2.78. The van der Waals surface area contributed by atoms with Gasteiger partial charge < -0.3 is 5.11 Å². The van der Waals surface area contributed by atoms with Gasteiger partial charge in [-0.15, -0.1) is 0 Å². The molecule has 0 bridgehead atoms. The van der Waals surface area contributed by atoms with Crippen LogP contribution < -0.4 is 0 Å². The first-order valence-corrected chi connectivity index (χ1v) is 6.53. The van der Waals surface area contributed by atoms with Crippen LogP contribution in [0.2, 0.25) is 0 Å². The molecule has 1 aliphatic heterocycles. The van der Waals surface area contributed by atoms with Gasteiger partial charge in [-0.2, -0.15) is 0 Å². The van der Waals surface area contributed by atoms with Crippen molar-refractivity contribution in [2.24, 2.45) is 11.8 Å².